The molecule has 2 saturated carbocycles. The van der Waals surface area contributed by atoms with Crippen LogP contribution in [-0.4, -0.2) is 38.4 Å². The molecule has 1 aromatic rings. The fraction of sp³-hybridized carbons (Fsp3) is 0.600. The molecule has 2 fully saturated rings. The van der Waals surface area contributed by atoms with Crippen LogP contribution in [0.2, 0.25) is 0 Å². The normalized spacial score (nSPS) is 19.5. The van der Waals surface area contributed by atoms with Gasteiger partial charge in [0.05, 0.1) is 4.90 Å². The van der Waals surface area contributed by atoms with Crippen molar-refractivity contribution < 1.29 is 8.42 Å². The smallest absolute Gasteiger partial charge is 0.243 e. The summed E-state index contributed by atoms with van der Waals surface area (Å²) in [6, 6.07) is 8.27. The zero-order chi connectivity index (χ0) is 14.2. The molecule has 1 N–H and O–H groups in total. The van der Waals surface area contributed by atoms with Crippen molar-refractivity contribution in [1.29, 1.82) is 0 Å². The van der Waals surface area contributed by atoms with Gasteiger partial charge in [-0.15, -0.1) is 0 Å². The summed E-state index contributed by atoms with van der Waals surface area (Å²) in [7, 11) is -1.62. The zero-order valence-corrected chi connectivity index (χ0v) is 12.7. The molecule has 4 nitrogen and oxygen atoms in total. The van der Waals surface area contributed by atoms with Crippen LogP contribution in [0.25, 0.3) is 0 Å². The van der Waals surface area contributed by atoms with Gasteiger partial charge in [0, 0.05) is 19.1 Å². The topological polar surface area (TPSA) is 49.4 Å². The molecule has 0 amide bonds. The monoisotopic (exact) mass is 294 g/mol. The van der Waals surface area contributed by atoms with Crippen LogP contribution >= 0.6 is 0 Å². The van der Waals surface area contributed by atoms with Crippen molar-refractivity contribution in [1.82, 2.24) is 9.62 Å². The van der Waals surface area contributed by atoms with Crippen molar-refractivity contribution in [3.8, 4) is 0 Å². The lowest BCUT2D eigenvalue weighted by molar-refractivity contribution is 0.464. The minimum Gasteiger partial charge on any atom is -0.314 e. The van der Waals surface area contributed by atoms with Gasteiger partial charge in [0.2, 0.25) is 10.0 Å². The molecule has 0 aliphatic heterocycles. The van der Waals surface area contributed by atoms with Crippen molar-refractivity contribution in [2.24, 2.45) is 0 Å². The van der Waals surface area contributed by atoms with Crippen LogP contribution in [0, 0.1) is 0 Å². The van der Waals surface area contributed by atoms with Crippen molar-refractivity contribution in [3.63, 3.8) is 0 Å². The number of nitrogens with zero attached hydrogens (tertiary/aromatic N) is 1. The van der Waals surface area contributed by atoms with Crippen LogP contribution in [0.5, 0.6) is 0 Å². The molecule has 0 atom stereocenters. The second-order valence-corrected chi connectivity index (χ2v) is 7.87. The average molecular weight is 294 g/mol. The Kier molecular flexibility index (Phi) is 3.84. The Balaban J connectivity index is 1.62. The highest BCUT2D eigenvalue weighted by molar-refractivity contribution is 7.89. The summed E-state index contributed by atoms with van der Waals surface area (Å²) >= 11 is 0. The van der Waals surface area contributed by atoms with Crippen LogP contribution in [0.15, 0.2) is 29.2 Å². The minimum atomic E-state index is -3.30. The first-order valence-electron chi connectivity index (χ1n) is 7.38. The second-order valence-electron chi connectivity index (χ2n) is 5.87. The van der Waals surface area contributed by atoms with Gasteiger partial charge >= 0.3 is 0 Å². The lowest BCUT2D eigenvalue weighted by Crippen LogP contribution is -2.28. The predicted molar refractivity (Wildman–Crippen MR) is 79.1 cm³/mol. The molecule has 0 radical (unpaired) electrons. The number of benzene rings is 1. The Labute approximate surface area is 121 Å². The zero-order valence-electron chi connectivity index (χ0n) is 11.9. The number of hydrogen-bond acceptors (Lipinski definition) is 3. The molecule has 20 heavy (non-hydrogen) atoms. The van der Waals surface area contributed by atoms with Gasteiger partial charge in [-0.2, -0.15) is 4.31 Å². The largest absolute Gasteiger partial charge is 0.314 e. The van der Waals surface area contributed by atoms with E-state index in [4.69, 9.17) is 0 Å². The van der Waals surface area contributed by atoms with E-state index in [2.05, 4.69) is 5.32 Å². The van der Waals surface area contributed by atoms with Gasteiger partial charge in [0.1, 0.15) is 0 Å². The van der Waals surface area contributed by atoms with E-state index in [1.165, 1.54) is 22.7 Å². The van der Waals surface area contributed by atoms with Crippen molar-refractivity contribution in [3.05, 3.63) is 29.8 Å². The Morgan fingerprint density at radius 2 is 1.80 bits per heavy atom. The molecule has 1 aromatic carbocycles. The SMILES string of the molecule is CN(C1CC1)S(=O)(=O)c1ccc(CCNC2CC2)cc1. The van der Waals surface area contributed by atoms with Crippen LogP contribution in [0.3, 0.4) is 0 Å². The van der Waals surface area contributed by atoms with E-state index >= 15 is 0 Å². The molecule has 2 aliphatic rings. The molecule has 0 unspecified atom stereocenters. The van der Waals surface area contributed by atoms with E-state index in [-0.39, 0.29) is 6.04 Å². The maximum atomic E-state index is 12.4. The molecule has 110 valence electrons. The summed E-state index contributed by atoms with van der Waals surface area (Å²) in [6.07, 6.45) is 5.52. The number of hydrogen-bond donors (Lipinski definition) is 1. The molecule has 0 aromatic heterocycles. The summed E-state index contributed by atoms with van der Waals surface area (Å²) in [6.45, 7) is 0.971. The highest BCUT2D eigenvalue weighted by Crippen LogP contribution is 2.30. The van der Waals surface area contributed by atoms with Gasteiger partial charge in [-0.05, 0) is 56.3 Å². The van der Waals surface area contributed by atoms with E-state index < -0.39 is 10.0 Å². The highest BCUT2D eigenvalue weighted by atomic mass is 32.2. The third-order valence-corrected chi connectivity index (χ3v) is 6.01. The van der Waals surface area contributed by atoms with Gasteiger partial charge < -0.3 is 5.32 Å². The molecule has 0 spiro atoms. The molecule has 0 heterocycles. The lowest BCUT2D eigenvalue weighted by Gasteiger charge is -2.16. The van der Waals surface area contributed by atoms with Gasteiger partial charge in [0.15, 0.2) is 0 Å². The van der Waals surface area contributed by atoms with Crippen LogP contribution in [-0.2, 0) is 16.4 Å². The Bertz CT molecular complexity index is 560. The molecular formula is C15H22N2O2S. The first kappa shape index (κ1) is 14.0. The maximum Gasteiger partial charge on any atom is 0.243 e. The van der Waals surface area contributed by atoms with Crippen molar-refractivity contribution >= 4 is 10.0 Å². The minimum absolute atomic E-state index is 0.211. The first-order chi connectivity index (χ1) is 9.57. The highest BCUT2D eigenvalue weighted by Gasteiger charge is 2.34. The second kappa shape index (κ2) is 5.47. The van der Waals surface area contributed by atoms with Gasteiger partial charge in [-0.25, -0.2) is 8.42 Å². The summed E-state index contributed by atoms with van der Waals surface area (Å²) in [4.78, 5) is 0.408. The third-order valence-electron chi connectivity index (χ3n) is 4.09. The summed E-state index contributed by atoms with van der Waals surface area (Å²) in [5.74, 6) is 0. The van der Waals surface area contributed by atoms with Gasteiger partial charge in [-0.1, -0.05) is 12.1 Å². The van der Waals surface area contributed by atoms with Gasteiger partial charge in [-0.3, -0.25) is 0 Å². The van der Waals surface area contributed by atoms with Crippen molar-refractivity contribution in [2.45, 2.75) is 49.1 Å². The Morgan fingerprint density at radius 1 is 1.15 bits per heavy atom. The molecular weight excluding hydrogens is 272 g/mol. The summed E-state index contributed by atoms with van der Waals surface area (Å²) < 4.78 is 26.2. The van der Waals surface area contributed by atoms with Crippen molar-refractivity contribution in [2.75, 3.05) is 13.6 Å². The van der Waals surface area contributed by atoms with Crippen LogP contribution in [0.1, 0.15) is 31.2 Å². The number of sulfonamides is 1. The van der Waals surface area contributed by atoms with E-state index in [0.29, 0.717) is 4.90 Å². The lowest BCUT2D eigenvalue weighted by atomic mass is 10.1. The van der Waals surface area contributed by atoms with Crippen LogP contribution < -0.4 is 5.32 Å². The average Bonchev–Trinajstić information content (AvgIpc) is 3.31. The molecule has 0 saturated heterocycles. The third kappa shape index (κ3) is 3.22. The van der Waals surface area contributed by atoms with E-state index in [1.54, 1.807) is 19.2 Å². The van der Waals surface area contributed by atoms with Crippen LogP contribution in [0.4, 0.5) is 0 Å². The predicted octanol–water partition coefficient (Wildman–Crippen LogP) is 1.76. The molecule has 3 rings (SSSR count). The Hall–Kier alpha value is -0.910. The van der Waals surface area contributed by atoms with E-state index in [9.17, 15) is 8.42 Å². The fourth-order valence-electron chi connectivity index (χ4n) is 2.34. The quantitative estimate of drug-likeness (QED) is 0.834. The number of nitrogens with one attached hydrogen (secondary N) is 1. The Morgan fingerprint density at radius 3 is 2.35 bits per heavy atom. The van der Waals surface area contributed by atoms with E-state index in [0.717, 1.165) is 31.8 Å². The standard InChI is InChI=1S/C15H22N2O2S/c1-17(14-6-7-14)20(18,19)15-8-2-12(3-9-15)10-11-16-13-4-5-13/h2-3,8-9,13-14,16H,4-7,10-11H2,1H3. The fourth-order valence-corrected chi connectivity index (χ4v) is 3.75. The van der Waals surface area contributed by atoms with E-state index in [1.807, 2.05) is 12.1 Å². The number of rotatable bonds is 7. The summed E-state index contributed by atoms with van der Waals surface area (Å²) in [5.41, 5.74) is 1.19. The summed E-state index contributed by atoms with van der Waals surface area (Å²) in [5, 5.41) is 3.46. The van der Waals surface area contributed by atoms with Gasteiger partial charge in [0.25, 0.3) is 0 Å². The maximum absolute atomic E-state index is 12.4. The molecule has 5 heteroatoms. The first-order valence-corrected chi connectivity index (χ1v) is 8.82. The molecule has 2 aliphatic carbocycles. The molecule has 0 bridgehead atoms.